The van der Waals surface area contributed by atoms with E-state index in [0.29, 0.717) is 0 Å². The van der Waals surface area contributed by atoms with Crippen LogP contribution in [-0.2, 0) is 0 Å². The van der Waals surface area contributed by atoms with Gasteiger partial charge in [-0.2, -0.15) is 0 Å². The van der Waals surface area contributed by atoms with E-state index in [-0.39, 0.29) is 11.9 Å². The molecular weight excluding hydrogens is 233 g/mol. The Hall–Kier alpha value is -0.540. The maximum atomic E-state index is 13.6. The van der Waals surface area contributed by atoms with Crippen LogP contribution in [0.15, 0.2) is 17.0 Å². The van der Waals surface area contributed by atoms with E-state index >= 15 is 0 Å². The molecular formula is C14H22FNS. The van der Waals surface area contributed by atoms with E-state index in [4.69, 9.17) is 0 Å². The lowest BCUT2D eigenvalue weighted by Gasteiger charge is -2.18. The van der Waals surface area contributed by atoms with E-state index in [1.165, 1.54) is 4.90 Å². The molecule has 0 bridgehead atoms. The lowest BCUT2D eigenvalue weighted by molar-refractivity contribution is 0.552. The summed E-state index contributed by atoms with van der Waals surface area (Å²) in [6.07, 6.45) is 1.09. The Morgan fingerprint density at radius 3 is 2.65 bits per heavy atom. The molecule has 1 aromatic rings. The Morgan fingerprint density at radius 2 is 2.06 bits per heavy atom. The zero-order valence-electron chi connectivity index (χ0n) is 11.1. The first-order valence-electron chi connectivity index (χ1n) is 6.26. The molecule has 17 heavy (non-hydrogen) atoms. The third kappa shape index (κ3) is 4.00. The third-order valence-corrected chi connectivity index (χ3v) is 3.71. The summed E-state index contributed by atoms with van der Waals surface area (Å²) in [6, 6.07) is 3.85. The molecule has 0 saturated carbocycles. The van der Waals surface area contributed by atoms with Gasteiger partial charge in [-0.25, -0.2) is 4.39 Å². The van der Waals surface area contributed by atoms with Crippen LogP contribution in [0.5, 0.6) is 0 Å². The Bertz CT molecular complexity index is 365. The van der Waals surface area contributed by atoms with Gasteiger partial charge in [0.25, 0.3) is 0 Å². The maximum Gasteiger partial charge on any atom is 0.126 e. The summed E-state index contributed by atoms with van der Waals surface area (Å²) in [4.78, 5) is 1.20. The van der Waals surface area contributed by atoms with E-state index in [2.05, 4.69) is 26.1 Å². The first-order valence-corrected chi connectivity index (χ1v) is 7.24. The number of hydrogen-bond acceptors (Lipinski definition) is 2. The summed E-state index contributed by atoms with van der Waals surface area (Å²) in [7, 11) is 0. The van der Waals surface area contributed by atoms with Crippen LogP contribution in [0.25, 0.3) is 0 Å². The molecule has 1 unspecified atom stereocenters. The van der Waals surface area contributed by atoms with Gasteiger partial charge in [-0.1, -0.05) is 13.8 Å². The van der Waals surface area contributed by atoms with Crippen molar-refractivity contribution >= 4 is 11.8 Å². The van der Waals surface area contributed by atoms with Crippen LogP contribution < -0.4 is 5.32 Å². The van der Waals surface area contributed by atoms with Gasteiger partial charge in [-0.3, -0.25) is 0 Å². The molecule has 1 atom stereocenters. The normalized spacial score (nSPS) is 12.8. The SMILES string of the molecule is CCCNC(C)c1cc(F)c(C)cc1SCC. The molecule has 0 aliphatic carbocycles. The second-order valence-electron chi connectivity index (χ2n) is 4.25. The Kier molecular flexibility index (Phi) is 6.00. The summed E-state index contributed by atoms with van der Waals surface area (Å²) in [5, 5.41) is 3.41. The van der Waals surface area contributed by atoms with Crippen molar-refractivity contribution in [1.82, 2.24) is 5.32 Å². The smallest absolute Gasteiger partial charge is 0.126 e. The highest BCUT2D eigenvalue weighted by molar-refractivity contribution is 7.99. The number of hydrogen-bond donors (Lipinski definition) is 1. The molecule has 96 valence electrons. The van der Waals surface area contributed by atoms with Gasteiger partial charge in [0.1, 0.15) is 5.82 Å². The van der Waals surface area contributed by atoms with Crippen molar-refractivity contribution in [2.75, 3.05) is 12.3 Å². The molecule has 1 nitrogen and oxygen atoms in total. The van der Waals surface area contributed by atoms with E-state index < -0.39 is 0 Å². The molecule has 0 radical (unpaired) electrons. The van der Waals surface area contributed by atoms with Crippen molar-refractivity contribution < 1.29 is 4.39 Å². The van der Waals surface area contributed by atoms with E-state index in [9.17, 15) is 4.39 Å². The van der Waals surface area contributed by atoms with Gasteiger partial charge in [0.05, 0.1) is 0 Å². The molecule has 1 aromatic carbocycles. The van der Waals surface area contributed by atoms with Crippen LogP contribution >= 0.6 is 11.8 Å². The second kappa shape index (κ2) is 7.02. The fourth-order valence-electron chi connectivity index (χ4n) is 1.76. The minimum Gasteiger partial charge on any atom is -0.310 e. The lowest BCUT2D eigenvalue weighted by Crippen LogP contribution is -2.20. The van der Waals surface area contributed by atoms with Gasteiger partial charge in [0.2, 0.25) is 0 Å². The Balaban J connectivity index is 2.98. The highest BCUT2D eigenvalue weighted by Crippen LogP contribution is 2.29. The quantitative estimate of drug-likeness (QED) is 0.760. The second-order valence-corrected chi connectivity index (χ2v) is 5.55. The third-order valence-electron chi connectivity index (χ3n) is 2.76. The summed E-state index contributed by atoms with van der Waals surface area (Å²) in [5.41, 5.74) is 1.81. The zero-order chi connectivity index (χ0) is 12.8. The molecule has 0 aliphatic rings. The van der Waals surface area contributed by atoms with Crippen LogP contribution in [0.2, 0.25) is 0 Å². The fraction of sp³-hybridized carbons (Fsp3) is 0.571. The predicted octanol–water partition coefficient (Wildman–Crippen LogP) is 4.31. The molecule has 0 amide bonds. The number of halogens is 1. The fourth-order valence-corrected chi connectivity index (χ4v) is 2.73. The van der Waals surface area contributed by atoms with Crippen molar-refractivity contribution in [2.45, 2.75) is 45.1 Å². The van der Waals surface area contributed by atoms with Gasteiger partial charge in [-0.15, -0.1) is 11.8 Å². The van der Waals surface area contributed by atoms with Gasteiger partial charge >= 0.3 is 0 Å². The largest absolute Gasteiger partial charge is 0.310 e. The minimum absolute atomic E-state index is 0.106. The van der Waals surface area contributed by atoms with Crippen LogP contribution in [0.4, 0.5) is 4.39 Å². The van der Waals surface area contributed by atoms with Crippen LogP contribution in [0.3, 0.4) is 0 Å². The molecule has 0 fully saturated rings. The minimum atomic E-state index is -0.106. The monoisotopic (exact) mass is 255 g/mol. The molecule has 1 N–H and O–H groups in total. The molecule has 0 spiro atoms. The van der Waals surface area contributed by atoms with Crippen molar-refractivity contribution in [3.63, 3.8) is 0 Å². The average molecular weight is 255 g/mol. The lowest BCUT2D eigenvalue weighted by atomic mass is 10.1. The van der Waals surface area contributed by atoms with Crippen molar-refractivity contribution in [2.24, 2.45) is 0 Å². The number of thioether (sulfide) groups is 1. The first-order chi connectivity index (χ1) is 8.10. The molecule has 1 rings (SSSR count). The number of benzene rings is 1. The first kappa shape index (κ1) is 14.5. The van der Waals surface area contributed by atoms with Gasteiger partial charge in [-0.05, 0) is 55.8 Å². The maximum absolute atomic E-state index is 13.6. The standard InChI is InChI=1S/C14H22FNS/c1-5-7-16-11(4)12-9-13(15)10(3)8-14(12)17-6-2/h8-9,11,16H,5-7H2,1-4H3. The van der Waals surface area contributed by atoms with Gasteiger partial charge < -0.3 is 5.32 Å². The van der Waals surface area contributed by atoms with Gasteiger partial charge in [0.15, 0.2) is 0 Å². The highest BCUT2D eigenvalue weighted by atomic mass is 32.2. The predicted molar refractivity (Wildman–Crippen MR) is 74.2 cm³/mol. The van der Waals surface area contributed by atoms with Crippen molar-refractivity contribution in [3.8, 4) is 0 Å². The summed E-state index contributed by atoms with van der Waals surface area (Å²) in [5.74, 6) is 0.907. The van der Waals surface area contributed by atoms with Crippen LogP contribution in [0.1, 0.15) is 44.4 Å². The molecule has 0 aliphatic heterocycles. The summed E-state index contributed by atoms with van der Waals surface area (Å²) >= 11 is 1.78. The highest BCUT2D eigenvalue weighted by Gasteiger charge is 2.13. The van der Waals surface area contributed by atoms with E-state index in [1.54, 1.807) is 17.8 Å². The number of rotatable bonds is 6. The van der Waals surface area contributed by atoms with Crippen LogP contribution in [0, 0.1) is 12.7 Å². The van der Waals surface area contributed by atoms with Crippen LogP contribution in [-0.4, -0.2) is 12.3 Å². The molecule has 0 saturated heterocycles. The van der Waals surface area contributed by atoms with Crippen molar-refractivity contribution in [1.29, 1.82) is 0 Å². The van der Waals surface area contributed by atoms with E-state index in [0.717, 1.165) is 29.8 Å². The number of nitrogens with one attached hydrogen (secondary N) is 1. The molecule has 0 heterocycles. The summed E-state index contributed by atoms with van der Waals surface area (Å²) < 4.78 is 13.6. The van der Waals surface area contributed by atoms with Gasteiger partial charge in [0, 0.05) is 10.9 Å². The van der Waals surface area contributed by atoms with E-state index in [1.807, 2.05) is 13.0 Å². The Labute approximate surface area is 108 Å². The molecule has 0 aromatic heterocycles. The zero-order valence-corrected chi connectivity index (χ0v) is 12.0. The molecule has 3 heteroatoms. The topological polar surface area (TPSA) is 12.0 Å². The van der Waals surface area contributed by atoms with Crippen molar-refractivity contribution in [3.05, 3.63) is 29.1 Å². The number of aryl methyl sites for hydroxylation is 1. The summed E-state index contributed by atoms with van der Waals surface area (Å²) in [6.45, 7) is 9.14. The Morgan fingerprint density at radius 1 is 1.35 bits per heavy atom. The average Bonchev–Trinajstić information content (AvgIpc) is 2.30.